The molecule has 0 bridgehead atoms. The molecule has 2 rings (SSSR count). The van der Waals surface area contributed by atoms with Crippen molar-refractivity contribution in [2.24, 2.45) is 0 Å². The van der Waals surface area contributed by atoms with Crippen molar-refractivity contribution in [3.05, 3.63) is 23.5 Å². The van der Waals surface area contributed by atoms with Gasteiger partial charge in [0.05, 0.1) is 0 Å². The highest BCUT2D eigenvalue weighted by Crippen LogP contribution is 2.26. The molecule has 14 heavy (non-hydrogen) atoms. The van der Waals surface area contributed by atoms with Crippen LogP contribution >= 0.6 is 0 Å². The van der Waals surface area contributed by atoms with Gasteiger partial charge in [-0.15, -0.1) is 0 Å². The zero-order valence-electron chi connectivity index (χ0n) is 9.67. The smallest absolute Gasteiger partial charge is 0.0384 e. The van der Waals surface area contributed by atoms with Crippen LogP contribution in [0.15, 0.2) is 12.1 Å². The molecule has 2 heterocycles. The summed E-state index contributed by atoms with van der Waals surface area (Å²) < 4.78 is 2.49. The van der Waals surface area contributed by atoms with Gasteiger partial charge in [-0.3, -0.25) is 4.90 Å². The summed E-state index contributed by atoms with van der Waals surface area (Å²) in [7, 11) is 2.19. The Morgan fingerprint density at radius 1 is 1.14 bits per heavy atom. The van der Waals surface area contributed by atoms with Gasteiger partial charge >= 0.3 is 0 Å². The number of hydrogen-bond donors (Lipinski definition) is 0. The predicted molar refractivity (Wildman–Crippen MR) is 59.5 cm³/mol. The first kappa shape index (κ1) is 9.78. The fraction of sp³-hybridized carbons (Fsp3) is 0.667. The lowest BCUT2D eigenvalue weighted by Gasteiger charge is -2.29. The molecule has 2 nitrogen and oxygen atoms in total. The maximum absolute atomic E-state index is 2.49. The highest BCUT2D eigenvalue weighted by molar-refractivity contribution is 5.23. The minimum atomic E-state index is 0.272. The normalized spacial score (nSPS) is 18.3. The summed E-state index contributed by atoms with van der Waals surface area (Å²) in [5, 5.41) is 0. The maximum Gasteiger partial charge on any atom is 0.0384 e. The highest BCUT2D eigenvalue weighted by atomic mass is 15.2. The Morgan fingerprint density at radius 2 is 1.86 bits per heavy atom. The van der Waals surface area contributed by atoms with Gasteiger partial charge in [-0.25, -0.2) is 0 Å². The van der Waals surface area contributed by atoms with Gasteiger partial charge in [0.2, 0.25) is 0 Å². The van der Waals surface area contributed by atoms with Crippen molar-refractivity contribution in [3.8, 4) is 0 Å². The number of likely N-dealkylation sites (N-methyl/N-ethyl adjacent to an activating group) is 1. The van der Waals surface area contributed by atoms with Crippen molar-refractivity contribution in [1.82, 2.24) is 9.47 Å². The molecule has 0 atom stereocenters. The number of rotatable bonds is 0. The molecule has 0 aliphatic carbocycles. The molecular formula is C12H20N2. The average Bonchev–Trinajstić information content (AvgIpc) is 2.45. The van der Waals surface area contributed by atoms with Crippen molar-refractivity contribution < 1.29 is 0 Å². The van der Waals surface area contributed by atoms with Crippen molar-refractivity contribution in [2.75, 3.05) is 13.6 Å². The van der Waals surface area contributed by atoms with Crippen LogP contribution in [0.3, 0.4) is 0 Å². The van der Waals surface area contributed by atoms with Crippen molar-refractivity contribution in [1.29, 1.82) is 0 Å². The minimum Gasteiger partial charge on any atom is -0.346 e. The molecule has 0 N–H and O–H groups in total. The molecule has 1 aliphatic heterocycles. The van der Waals surface area contributed by atoms with E-state index in [2.05, 4.69) is 49.4 Å². The van der Waals surface area contributed by atoms with E-state index in [9.17, 15) is 0 Å². The van der Waals surface area contributed by atoms with Crippen LogP contribution in [-0.2, 0) is 18.5 Å². The minimum absolute atomic E-state index is 0.272. The van der Waals surface area contributed by atoms with Crippen molar-refractivity contribution in [3.63, 3.8) is 0 Å². The van der Waals surface area contributed by atoms with Gasteiger partial charge in [0.15, 0.2) is 0 Å². The molecule has 78 valence electrons. The second kappa shape index (κ2) is 3.13. The van der Waals surface area contributed by atoms with Gasteiger partial charge < -0.3 is 4.57 Å². The van der Waals surface area contributed by atoms with E-state index in [1.165, 1.54) is 17.9 Å². The third-order valence-electron chi connectivity index (χ3n) is 2.98. The summed E-state index contributed by atoms with van der Waals surface area (Å²) in [6.45, 7) is 10.3. The fourth-order valence-corrected chi connectivity index (χ4v) is 2.19. The summed E-state index contributed by atoms with van der Waals surface area (Å²) in [5.41, 5.74) is 3.21. The van der Waals surface area contributed by atoms with Crippen LogP contribution in [0.2, 0.25) is 0 Å². The maximum atomic E-state index is 2.49. The zero-order chi connectivity index (χ0) is 10.3. The molecule has 0 unspecified atom stereocenters. The molecule has 0 saturated heterocycles. The lowest BCUT2D eigenvalue weighted by atomic mass is 9.92. The second-order valence-corrected chi connectivity index (χ2v) is 5.35. The first-order chi connectivity index (χ1) is 6.48. The Kier molecular flexibility index (Phi) is 2.18. The van der Waals surface area contributed by atoms with Crippen LogP contribution in [0.4, 0.5) is 0 Å². The lowest BCUT2D eigenvalue weighted by Crippen LogP contribution is -2.32. The summed E-state index contributed by atoms with van der Waals surface area (Å²) in [6.07, 6.45) is 0. The molecule has 0 spiro atoms. The van der Waals surface area contributed by atoms with Crippen molar-refractivity contribution >= 4 is 0 Å². The van der Waals surface area contributed by atoms with E-state index in [0.717, 1.165) is 13.1 Å². The fourth-order valence-electron chi connectivity index (χ4n) is 2.19. The van der Waals surface area contributed by atoms with Crippen LogP contribution in [0.5, 0.6) is 0 Å². The largest absolute Gasteiger partial charge is 0.346 e. The van der Waals surface area contributed by atoms with Gasteiger partial charge in [0.1, 0.15) is 0 Å². The van der Waals surface area contributed by atoms with E-state index in [1.807, 2.05) is 0 Å². The van der Waals surface area contributed by atoms with Gasteiger partial charge in [-0.1, -0.05) is 20.8 Å². The molecule has 0 radical (unpaired) electrons. The van der Waals surface area contributed by atoms with E-state index >= 15 is 0 Å². The van der Waals surface area contributed by atoms with E-state index in [1.54, 1.807) is 0 Å². The van der Waals surface area contributed by atoms with E-state index in [-0.39, 0.29) is 5.41 Å². The van der Waals surface area contributed by atoms with Gasteiger partial charge in [-0.2, -0.15) is 0 Å². The van der Waals surface area contributed by atoms with Gasteiger partial charge in [0.25, 0.3) is 0 Å². The van der Waals surface area contributed by atoms with E-state index < -0.39 is 0 Å². The molecule has 1 aliphatic rings. The van der Waals surface area contributed by atoms with Crippen molar-refractivity contribution in [2.45, 2.75) is 39.3 Å². The van der Waals surface area contributed by atoms with Gasteiger partial charge in [0, 0.05) is 36.4 Å². The molecule has 0 saturated carbocycles. The predicted octanol–water partition coefficient (Wildman–Crippen LogP) is 2.23. The first-order valence-corrected chi connectivity index (χ1v) is 5.36. The number of hydrogen-bond acceptors (Lipinski definition) is 1. The lowest BCUT2D eigenvalue weighted by molar-refractivity contribution is 0.263. The number of fused-ring (bicyclic) bond motifs is 1. The Balaban J connectivity index is 2.38. The van der Waals surface area contributed by atoms with Crippen LogP contribution in [0, 0.1) is 0 Å². The van der Waals surface area contributed by atoms with E-state index in [0.29, 0.717) is 0 Å². The Morgan fingerprint density at radius 3 is 2.50 bits per heavy atom. The Bertz CT molecular complexity index is 331. The monoisotopic (exact) mass is 192 g/mol. The standard InChI is InChI=1S/C12H20N2/c1-12(2,3)11-6-5-10-9-13(4)7-8-14(10)11/h5-6H,7-9H2,1-4H3. The summed E-state index contributed by atoms with van der Waals surface area (Å²) in [4.78, 5) is 2.38. The molecule has 2 heteroatoms. The molecular weight excluding hydrogens is 172 g/mol. The Labute approximate surface area is 86.5 Å². The van der Waals surface area contributed by atoms with E-state index in [4.69, 9.17) is 0 Å². The zero-order valence-corrected chi connectivity index (χ0v) is 9.67. The highest BCUT2D eigenvalue weighted by Gasteiger charge is 2.22. The third kappa shape index (κ3) is 1.59. The summed E-state index contributed by atoms with van der Waals surface area (Å²) in [6, 6.07) is 4.56. The Hall–Kier alpha value is -0.760. The molecule has 1 aromatic heterocycles. The van der Waals surface area contributed by atoms with Crippen LogP contribution in [-0.4, -0.2) is 23.1 Å². The summed E-state index contributed by atoms with van der Waals surface area (Å²) >= 11 is 0. The second-order valence-electron chi connectivity index (χ2n) is 5.35. The van der Waals surface area contributed by atoms with Crippen LogP contribution in [0.25, 0.3) is 0 Å². The number of nitrogens with zero attached hydrogens (tertiary/aromatic N) is 2. The quantitative estimate of drug-likeness (QED) is 0.612. The van der Waals surface area contributed by atoms with Crippen LogP contribution < -0.4 is 0 Å². The topological polar surface area (TPSA) is 8.17 Å². The SMILES string of the molecule is CN1CCn2c(ccc2C(C)(C)C)C1. The van der Waals surface area contributed by atoms with Gasteiger partial charge in [-0.05, 0) is 19.2 Å². The molecule has 0 amide bonds. The number of aromatic nitrogens is 1. The molecule has 1 aromatic rings. The molecule has 0 aromatic carbocycles. The first-order valence-electron chi connectivity index (χ1n) is 5.36. The molecule has 0 fully saturated rings. The van der Waals surface area contributed by atoms with Crippen LogP contribution in [0.1, 0.15) is 32.2 Å². The third-order valence-corrected chi connectivity index (χ3v) is 2.98. The average molecular weight is 192 g/mol. The summed E-state index contributed by atoms with van der Waals surface area (Å²) in [5.74, 6) is 0.